The highest BCUT2D eigenvalue weighted by Crippen LogP contribution is 2.65. The van der Waals surface area contributed by atoms with Gasteiger partial charge in [0.05, 0.1) is 28.9 Å². The van der Waals surface area contributed by atoms with Crippen molar-refractivity contribution in [2.75, 3.05) is 12.5 Å². The van der Waals surface area contributed by atoms with Gasteiger partial charge in [-0.2, -0.15) is 5.01 Å². The maximum absolute atomic E-state index is 15.0. The molecule has 6 unspecified atom stereocenters. The average Bonchev–Trinajstić information content (AvgIpc) is 3.39. The molecule has 3 fully saturated rings. The van der Waals surface area contributed by atoms with E-state index in [4.69, 9.17) is 11.6 Å². The smallest absolute Gasteiger partial charge is 0.508 e. The predicted molar refractivity (Wildman–Crippen MR) is 162 cm³/mol. The predicted octanol–water partition coefficient (Wildman–Crippen LogP) is 5.70. The van der Waals surface area contributed by atoms with Gasteiger partial charge in [0, 0.05) is 23.6 Å². The zero-order chi connectivity index (χ0) is 34.3. The molecule has 0 aromatic heterocycles. The first-order valence-electron chi connectivity index (χ1n) is 15.0. The number of hydrogen-bond donors (Lipinski definition) is 2. The van der Waals surface area contributed by atoms with E-state index >= 15 is 0 Å². The van der Waals surface area contributed by atoms with E-state index in [2.05, 4.69) is 10.2 Å². The largest absolute Gasteiger partial charge is 0.573 e. The Morgan fingerprint density at radius 1 is 0.938 bits per heavy atom. The zero-order valence-corrected chi connectivity index (χ0v) is 25.8. The van der Waals surface area contributed by atoms with Crippen LogP contribution < -0.4 is 10.2 Å². The fraction of sp³-hybridized carbons (Fsp3) is 0.294. The lowest BCUT2D eigenvalue weighted by Crippen LogP contribution is -2.53. The summed E-state index contributed by atoms with van der Waals surface area (Å²) in [5, 5.41) is 12.4. The van der Waals surface area contributed by atoms with Crippen molar-refractivity contribution in [3.05, 3.63) is 100 Å². The van der Waals surface area contributed by atoms with E-state index in [0.717, 1.165) is 40.2 Å². The lowest BCUT2D eigenvalue weighted by Gasteiger charge is -2.50. The molecule has 2 aliphatic heterocycles. The molecular weight excluding hydrogens is 658 g/mol. The molecule has 7 rings (SSSR count). The van der Waals surface area contributed by atoms with Crippen molar-refractivity contribution in [2.24, 2.45) is 23.7 Å². The van der Waals surface area contributed by atoms with Gasteiger partial charge in [-0.15, -0.1) is 13.2 Å². The van der Waals surface area contributed by atoms with Gasteiger partial charge in [0.2, 0.25) is 11.8 Å². The number of fused-ring (bicyclic) bond motifs is 4. The number of alkyl halides is 3. The number of nitrogens with one attached hydrogen (secondary N) is 1. The highest BCUT2D eigenvalue weighted by Gasteiger charge is 2.70. The number of nitrogens with zero attached hydrogens (tertiary/aromatic N) is 2. The summed E-state index contributed by atoms with van der Waals surface area (Å²) in [5.74, 6) is -9.14. The molecule has 2 N–H and O–H groups in total. The number of halogens is 5. The zero-order valence-electron chi connectivity index (χ0n) is 25.0. The third-order valence-corrected chi connectivity index (χ3v) is 10.3. The van der Waals surface area contributed by atoms with Crippen LogP contribution in [0.1, 0.15) is 29.9 Å². The number of hydrogen-bond acceptors (Lipinski definition) is 7. The number of amides is 4. The second-order valence-electron chi connectivity index (χ2n) is 12.4. The normalized spacial score (nSPS) is 28.2. The first kappa shape index (κ1) is 31.7. The molecule has 2 heterocycles. The Bertz CT molecular complexity index is 1900. The van der Waals surface area contributed by atoms with Gasteiger partial charge in [-0.25, -0.2) is 4.39 Å². The first-order valence-corrected chi connectivity index (χ1v) is 15.4. The Morgan fingerprint density at radius 2 is 1.62 bits per heavy atom. The Balaban J connectivity index is 1.49. The molecule has 0 bridgehead atoms. The van der Waals surface area contributed by atoms with Crippen molar-refractivity contribution in [1.29, 1.82) is 0 Å². The van der Waals surface area contributed by atoms with E-state index < -0.39 is 82.3 Å². The molecule has 9 nitrogen and oxygen atoms in total. The number of hydrazine groups is 1. The summed E-state index contributed by atoms with van der Waals surface area (Å²) in [6, 6.07) is 13.9. The number of rotatable bonds is 5. The minimum Gasteiger partial charge on any atom is -0.508 e. The molecule has 48 heavy (non-hydrogen) atoms. The van der Waals surface area contributed by atoms with Gasteiger partial charge >= 0.3 is 6.36 Å². The van der Waals surface area contributed by atoms with Crippen LogP contribution in [0.15, 0.2) is 78.4 Å². The number of anilines is 1. The lowest BCUT2D eigenvalue weighted by molar-refractivity contribution is -0.274. The summed E-state index contributed by atoms with van der Waals surface area (Å²) >= 11 is 6.23. The molecule has 0 spiro atoms. The van der Waals surface area contributed by atoms with Crippen LogP contribution in [0.2, 0.25) is 5.02 Å². The van der Waals surface area contributed by atoms with E-state index in [1.165, 1.54) is 43.4 Å². The molecule has 248 valence electrons. The number of aromatic hydroxyl groups is 1. The minimum absolute atomic E-state index is 0.0787. The average molecular weight is 684 g/mol. The van der Waals surface area contributed by atoms with Crippen molar-refractivity contribution < 1.29 is 46.6 Å². The molecule has 14 heteroatoms. The molecule has 2 saturated heterocycles. The van der Waals surface area contributed by atoms with Crippen LogP contribution in [0.5, 0.6) is 11.5 Å². The van der Waals surface area contributed by atoms with Crippen LogP contribution in [0.3, 0.4) is 0 Å². The van der Waals surface area contributed by atoms with Gasteiger partial charge in [0.15, 0.2) is 0 Å². The molecule has 1 saturated carbocycles. The van der Waals surface area contributed by atoms with Crippen LogP contribution in [0, 0.1) is 29.5 Å². The number of phenols is 1. The summed E-state index contributed by atoms with van der Waals surface area (Å²) in [7, 11) is 1.36. The van der Waals surface area contributed by atoms with Crippen molar-refractivity contribution in [3.63, 3.8) is 0 Å². The second-order valence-corrected chi connectivity index (χ2v) is 12.8. The quantitative estimate of drug-likeness (QED) is 0.202. The summed E-state index contributed by atoms with van der Waals surface area (Å²) < 4.78 is 58.2. The number of benzene rings is 3. The maximum Gasteiger partial charge on any atom is 0.573 e. The molecular formula is C34H26ClF4N3O6. The van der Waals surface area contributed by atoms with Gasteiger partial charge in [0.25, 0.3) is 11.8 Å². The van der Waals surface area contributed by atoms with Crippen molar-refractivity contribution in [2.45, 2.75) is 30.5 Å². The topological polar surface area (TPSA) is 116 Å². The lowest BCUT2D eigenvalue weighted by atomic mass is 9.49. The number of allylic oxidation sites excluding steroid dienone is 2. The fourth-order valence-electron chi connectivity index (χ4n) is 8.12. The van der Waals surface area contributed by atoms with Gasteiger partial charge in [-0.1, -0.05) is 35.4 Å². The second kappa shape index (κ2) is 11.1. The molecule has 4 aliphatic rings. The number of likely N-dealkylation sites (tertiary alicyclic amines) is 1. The van der Waals surface area contributed by atoms with Gasteiger partial charge in [-0.05, 0) is 78.9 Å². The number of carbonyl (C=O) groups is 4. The first-order chi connectivity index (χ1) is 22.7. The van der Waals surface area contributed by atoms with E-state index in [0.29, 0.717) is 10.6 Å². The Labute approximate surface area is 275 Å². The SMILES string of the molecule is CN1C(=O)C2CC=C3C(CC4C(=O)N(Nc5ccc(F)cc5)C(=O)C4(c4ccc(Cl)cc4)C3c3cc(OC(F)(F)F)ccc3O)C2C1=O. The molecule has 4 amide bonds. The monoisotopic (exact) mass is 683 g/mol. The summed E-state index contributed by atoms with van der Waals surface area (Å²) in [5.41, 5.74) is 1.61. The third kappa shape index (κ3) is 4.74. The van der Waals surface area contributed by atoms with Crippen molar-refractivity contribution in [1.82, 2.24) is 9.91 Å². The Morgan fingerprint density at radius 3 is 2.29 bits per heavy atom. The summed E-state index contributed by atoms with van der Waals surface area (Å²) in [4.78, 5) is 57.1. The maximum atomic E-state index is 15.0. The number of carbonyl (C=O) groups excluding carboxylic acids is 4. The Hall–Kier alpha value is -4.91. The highest BCUT2D eigenvalue weighted by atomic mass is 35.5. The molecule has 3 aromatic rings. The van der Waals surface area contributed by atoms with Crippen LogP contribution in [-0.2, 0) is 24.6 Å². The van der Waals surface area contributed by atoms with Gasteiger partial charge in [0.1, 0.15) is 17.3 Å². The molecule has 3 aromatic carbocycles. The highest BCUT2D eigenvalue weighted by molar-refractivity contribution is 6.30. The van der Waals surface area contributed by atoms with Gasteiger partial charge in [-0.3, -0.25) is 29.5 Å². The van der Waals surface area contributed by atoms with Crippen molar-refractivity contribution >= 4 is 40.9 Å². The van der Waals surface area contributed by atoms with Gasteiger partial charge < -0.3 is 9.84 Å². The standard InChI is InChI=1S/C34H26ClF4N3O6/c1-41-29(44)22-12-11-21-23(27(22)31(41)46)15-25-30(45)42(40-19-8-6-18(36)7-9-19)32(47)33(25,16-2-4-17(35)5-3-16)28(21)24-14-20(10-13-26(24)43)48-34(37,38)39/h2-11,13-14,22-23,25,27-28,40,43H,12,15H2,1H3. The molecule has 0 radical (unpaired) electrons. The van der Waals surface area contributed by atoms with Crippen LogP contribution in [-0.4, -0.2) is 52.1 Å². The number of phenolic OH excluding ortho intramolecular Hbond substituents is 1. The fourth-order valence-corrected chi connectivity index (χ4v) is 8.24. The number of ether oxygens (including phenoxy) is 1. The van der Waals surface area contributed by atoms with Crippen molar-refractivity contribution in [3.8, 4) is 11.5 Å². The van der Waals surface area contributed by atoms with E-state index in [9.17, 15) is 41.8 Å². The third-order valence-electron chi connectivity index (χ3n) is 10.0. The Kier molecular flexibility index (Phi) is 7.31. The van der Waals surface area contributed by atoms with Crippen LogP contribution >= 0.6 is 11.6 Å². The van der Waals surface area contributed by atoms with E-state index in [1.807, 2.05) is 0 Å². The van der Waals surface area contributed by atoms with E-state index in [-0.39, 0.29) is 29.7 Å². The minimum atomic E-state index is -5.09. The van der Waals surface area contributed by atoms with Crippen LogP contribution in [0.25, 0.3) is 0 Å². The summed E-state index contributed by atoms with van der Waals surface area (Å²) in [6.45, 7) is 0. The number of imide groups is 2. The van der Waals surface area contributed by atoms with E-state index in [1.54, 1.807) is 6.08 Å². The summed E-state index contributed by atoms with van der Waals surface area (Å²) in [6.07, 6.45) is -3.39. The van der Waals surface area contributed by atoms with Crippen LogP contribution in [0.4, 0.5) is 23.2 Å². The molecule has 2 aliphatic carbocycles. The molecule has 6 atom stereocenters.